The number of fused-ring (bicyclic) bond motifs is 2. The van der Waals surface area contributed by atoms with Crippen molar-refractivity contribution in [3.63, 3.8) is 0 Å². The molecule has 2 aliphatic carbocycles. The fourth-order valence-electron chi connectivity index (χ4n) is 6.23. The van der Waals surface area contributed by atoms with E-state index in [0.717, 1.165) is 26.1 Å². The fourth-order valence-corrected chi connectivity index (χ4v) is 6.23. The molecule has 1 amide bonds. The lowest BCUT2D eigenvalue weighted by molar-refractivity contribution is -0.145. The normalized spacial score (nSPS) is 36.7. The van der Waals surface area contributed by atoms with Crippen molar-refractivity contribution in [3.05, 3.63) is 35.8 Å². The fraction of sp³-hybridized carbons (Fsp3) is 0.667. The smallest absolute Gasteiger partial charge is 0.311 e. The Morgan fingerprint density at radius 2 is 2.07 bits per heavy atom. The Balaban J connectivity index is 1.25. The van der Waals surface area contributed by atoms with Crippen molar-refractivity contribution in [2.24, 2.45) is 23.2 Å². The Labute approximate surface area is 178 Å². The van der Waals surface area contributed by atoms with E-state index < -0.39 is 0 Å². The second-order valence-corrected chi connectivity index (χ2v) is 9.91. The average Bonchev–Trinajstić information content (AvgIpc) is 3.35. The van der Waals surface area contributed by atoms with E-state index in [1.165, 1.54) is 25.5 Å². The number of piperazine rings is 1. The van der Waals surface area contributed by atoms with E-state index in [0.29, 0.717) is 24.8 Å². The van der Waals surface area contributed by atoms with Gasteiger partial charge in [0, 0.05) is 38.6 Å². The Hall–Kier alpha value is -2.08. The molecule has 6 nitrogen and oxygen atoms in total. The van der Waals surface area contributed by atoms with Crippen LogP contribution in [0.25, 0.3) is 0 Å². The first-order valence-electron chi connectivity index (χ1n) is 11.4. The van der Waals surface area contributed by atoms with Crippen molar-refractivity contribution in [2.45, 2.75) is 45.6 Å². The monoisotopic (exact) mass is 412 g/mol. The van der Waals surface area contributed by atoms with Crippen LogP contribution in [0.4, 0.5) is 0 Å². The molecule has 4 aliphatic rings. The van der Waals surface area contributed by atoms with Crippen molar-refractivity contribution in [3.8, 4) is 0 Å². The number of carbonyl (C=O) groups excluding carboxylic acids is 2. The van der Waals surface area contributed by atoms with Gasteiger partial charge in [0.25, 0.3) is 5.91 Å². The molecule has 0 radical (unpaired) electrons. The molecule has 3 fully saturated rings. The van der Waals surface area contributed by atoms with Gasteiger partial charge in [-0.15, -0.1) is 0 Å². The maximum atomic E-state index is 12.8. The minimum Gasteiger partial charge on any atom is -0.461 e. The van der Waals surface area contributed by atoms with Gasteiger partial charge in [0.05, 0.1) is 12.2 Å². The molecule has 1 aromatic heterocycles. The minimum absolute atomic E-state index is 0.0309. The van der Waals surface area contributed by atoms with Crippen LogP contribution in [0.15, 0.2) is 34.5 Å². The van der Waals surface area contributed by atoms with Crippen molar-refractivity contribution in [1.29, 1.82) is 0 Å². The van der Waals surface area contributed by atoms with Crippen LogP contribution in [0.3, 0.4) is 0 Å². The molecule has 30 heavy (non-hydrogen) atoms. The average molecular weight is 413 g/mol. The summed E-state index contributed by atoms with van der Waals surface area (Å²) in [7, 11) is 0. The lowest BCUT2D eigenvalue weighted by atomic mass is 9.59. The summed E-state index contributed by atoms with van der Waals surface area (Å²) < 4.78 is 11.1. The Bertz CT molecular complexity index is 839. The van der Waals surface area contributed by atoms with E-state index in [4.69, 9.17) is 9.15 Å². The second kappa shape index (κ2) is 7.56. The van der Waals surface area contributed by atoms with Gasteiger partial charge in [0.2, 0.25) is 0 Å². The number of furan rings is 1. The molecule has 2 saturated heterocycles. The summed E-state index contributed by atoms with van der Waals surface area (Å²) in [4.78, 5) is 29.4. The molecular formula is C24H32N2O4. The highest BCUT2D eigenvalue weighted by atomic mass is 16.6. The van der Waals surface area contributed by atoms with Crippen LogP contribution in [0.2, 0.25) is 0 Å². The molecule has 5 rings (SSSR count). The van der Waals surface area contributed by atoms with Crippen molar-refractivity contribution in [2.75, 3.05) is 32.7 Å². The molecule has 0 N–H and O–H groups in total. The predicted octanol–water partition coefficient (Wildman–Crippen LogP) is 3.35. The maximum absolute atomic E-state index is 12.8. The highest BCUT2D eigenvalue weighted by Gasteiger charge is 2.52. The van der Waals surface area contributed by atoms with Gasteiger partial charge in [-0.25, -0.2) is 0 Å². The Morgan fingerprint density at radius 3 is 2.80 bits per heavy atom. The summed E-state index contributed by atoms with van der Waals surface area (Å²) in [5, 5.41) is 0. The Morgan fingerprint density at radius 1 is 1.27 bits per heavy atom. The molecule has 1 saturated carbocycles. The van der Waals surface area contributed by atoms with Gasteiger partial charge in [0.15, 0.2) is 5.76 Å². The Kier molecular flexibility index (Phi) is 5.00. The van der Waals surface area contributed by atoms with Gasteiger partial charge in [-0.05, 0) is 42.7 Å². The summed E-state index contributed by atoms with van der Waals surface area (Å²) in [5.74, 6) is 1.02. The topological polar surface area (TPSA) is 63.0 Å². The van der Waals surface area contributed by atoms with Crippen LogP contribution in [0.5, 0.6) is 0 Å². The van der Waals surface area contributed by atoms with E-state index in [9.17, 15) is 9.59 Å². The summed E-state index contributed by atoms with van der Waals surface area (Å²) in [6.07, 6.45) is 8.69. The van der Waals surface area contributed by atoms with Gasteiger partial charge < -0.3 is 14.1 Å². The second-order valence-electron chi connectivity index (χ2n) is 9.91. The van der Waals surface area contributed by atoms with Crippen molar-refractivity contribution < 1.29 is 18.7 Å². The van der Waals surface area contributed by atoms with Crippen LogP contribution < -0.4 is 0 Å². The summed E-state index contributed by atoms with van der Waals surface area (Å²) >= 11 is 0. The largest absolute Gasteiger partial charge is 0.461 e. The SMILES string of the molecule is C[C@@H]1CCC[C@@]2(C)C[C@@H]3OC(=O)[C@@H](CN4CCN(C(=O)c5ccco5)CC4)[C@@H]3C=C12. The number of amides is 1. The van der Waals surface area contributed by atoms with Crippen LogP contribution in [-0.4, -0.2) is 60.5 Å². The zero-order chi connectivity index (χ0) is 20.9. The van der Waals surface area contributed by atoms with Gasteiger partial charge >= 0.3 is 5.97 Å². The molecule has 0 bridgehead atoms. The van der Waals surface area contributed by atoms with Gasteiger partial charge in [-0.2, -0.15) is 0 Å². The van der Waals surface area contributed by atoms with E-state index in [1.807, 2.05) is 4.90 Å². The van der Waals surface area contributed by atoms with Gasteiger partial charge in [0.1, 0.15) is 6.10 Å². The van der Waals surface area contributed by atoms with E-state index in [1.54, 1.807) is 17.7 Å². The molecular weight excluding hydrogens is 380 g/mol. The minimum atomic E-state index is -0.0894. The molecule has 2 aliphatic heterocycles. The number of hydrogen-bond donors (Lipinski definition) is 0. The number of hydrogen-bond acceptors (Lipinski definition) is 5. The maximum Gasteiger partial charge on any atom is 0.311 e. The zero-order valence-corrected chi connectivity index (χ0v) is 18.0. The zero-order valence-electron chi connectivity index (χ0n) is 18.0. The highest BCUT2D eigenvalue weighted by Crippen LogP contribution is 2.54. The number of nitrogens with zero attached hydrogens (tertiary/aromatic N) is 2. The predicted molar refractivity (Wildman–Crippen MR) is 112 cm³/mol. The standard InChI is InChI=1S/C24H32N2O4/c1-16-5-3-7-24(2)14-21-17(13-19(16)24)18(23(28)30-21)15-25-8-10-26(11-9-25)22(27)20-6-4-12-29-20/h4,6,12-13,16-18,21H,3,5,7-11,14-15H2,1-2H3/t16-,17+,18+,21+,24+/m1/s1. The van der Waals surface area contributed by atoms with Gasteiger partial charge in [-0.1, -0.05) is 31.9 Å². The molecule has 0 unspecified atom stereocenters. The lowest BCUT2D eigenvalue weighted by Gasteiger charge is -2.46. The lowest BCUT2D eigenvalue weighted by Crippen LogP contribution is -2.50. The number of esters is 1. The molecule has 1 aromatic rings. The van der Waals surface area contributed by atoms with E-state index in [2.05, 4.69) is 24.8 Å². The first kappa shape index (κ1) is 19.9. The summed E-state index contributed by atoms with van der Waals surface area (Å²) in [6, 6.07) is 3.45. The van der Waals surface area contributed by atoms with Gasteiger partial charge in [-0.3, -0.25) is 14.5 Å². The third-order valence-corrected chi connectivity index (χ3v) is 7.93. The van der Waals surface area contributed by atoms with E-state index >= 15 is 0 Å². The third-order valence-electron chi connectivity index (χ3n) is 7.93. The number of rotatable bonds is 3. The van der Waals surface area contributed by atoms with Crippen LogP contribution in [0, 0.1) is 23.2 Å². The van der Waals surface area contributed by atoms with Crippen LogP contribution in [-0.2, 0) is 9.53 Å². The number of ether oxygens (including phenoxy) is 1. The first-order valence-corrected chi connectivity index (χ1v) is 11.4. The number of carbonyl (C=O) groups is 2. The van der Waals surface area contributed by atoms with E-state index in [-0.39, 0.29) is 35.2 Å². The molecule has 6 heteroatoms. The molecule has 162 valence electrons. The molecule has 5 atom stereocenters. The first-order chi connectivity index (χ1) is 14.4. The van der Waals surface area contributed by atoms with Crippen molar-refractivity contribution >= 4 is 11.9 Å². The number of allylic oxidation sites excluding steroid dienone is 1. The highest BCUT2D eigenvalue weighted by molar-refractivity contribution is 5.91. The van der Waals surface area contributed by atoms with Crippen molar-refractivity contribution in [1.82, 2.24) is 9.80 Å². The summed E-state index contributed by atoms with van der Waals surface area (Å²) in [5.41, 5.74) is 1.76. The third kappa shape index (κ3) is 3.39. The molecule has 0 aromatic carbocycles. The van der Waals surface area contributed by atoms with Crippen LogP contribution in [0.1, 0.15) is 50.1 Å². The quantitative estimate of drug-likeness (QED) is 0.563. The molecule has 0 spiro atoms. The summed E-state index contributed by atoms with van der Waals surface area (Å²) in [6.45, 7) is 8.29. The van der Waals surface area contributed by atoms with Crippen LogP contribution >= 0.6 is 0 Å². The molecule has 3 heterocycles.